The Bertz CT molecular complexity index is 324. The molecule has 0 bridgehead atoms. The van der Waals surface area contributed by atoms with E-state index in [4.69, 9.17) is 10.5 Å². The molecule has 1 aliphatic carbocycles. The molecular formula is C15H28N2O2. The number of carbonyl (C=O) groups is 1. The first-order chi connectivity index (χ1) is 8.94. The molecule has 2 fully saturated rings. The third-order valence-corrected chi connectivity index (χ3v) is 4.77. The molecule has 0 aromatic carbocycles. The van der Waals surface area contributed by atoms with Gasteiger partial charge in [0, 0.05) is 19.1 Å². The Kier molecular flexibility index (Phi) is 4.51. The largest absolute Gasteiger partial charge is 0.468 e. The summed E-state index contributed by atoms with van der Waals surface area (Å²) in [5.74, 6) is 1.25. The van der Waals surface area contributed by atoms with Crippen LogP contribution in [0.4, 0.5) is 0 Å². The summed E-state index contributed by atoms with van der Waals surface area (Å²) in [5, 5.41) is 0. The maximum Gasteiger partial charge on any atom is 0.325 e. The monoisotopic (exact) mass is 268 g/mol. The van der Waals surface area contributed by atoms with E-state index < -0.39 is 5.54 Å². The van der Waals surface area contributed by atoms with Gasteiger partial charge in [-0.15, -0.1) is 0 Å². The lowest BCUT2D eigenvalue weighted by atomic mass is 9.78. The Morgan fingerprint density at radius 1 is 1.32 bits per heavy atom. The van der Waals surface area contributed by atoms with Gasteiger partial charge in [-0.1, -0.05) is 13.8 Å². The molecule has 4 unspecified atom stereocenters. The Balaban J connectivity index is 2.02. The standard InChI is InChI=1S/C15H28N2O2/c1-11-7-12(2)10-17(9-11)13-5-4-6-15(16,8-13)14(18)19-3/h11-13H,4-10,16H2,1-3H3. The summed E-state index contributed by atoms with van der Waals surface area (Å²) in [5.41, 5.74) is 5.52. The van der Waals surface area contributed by atoms with Crippen LogP contribution in [0.1, 0.15) is 46.0 Å². The summed E-state index contributed by atoms with van der Waals surface area (Å²) in [6, 6.07) is 0.447. The number of ether oxygens (including phenoxy) is 1. The molecule has 0 aromatic rings. The van der Waals surface area contributed by atoms with Crippen molar-refractivity contribution >= 4 is 5.97 Å². The van der Waals surface area contributed by atoms with Crippen LogP contribution >= 0.6 is 0 Å². The lowest BCUT2D eigenvalue weighted by molar-refractivity contribution is -0.149. The number of rotatable bonds is 2. The van der Waals surface area contributed by atoms with Gasteiger partial charge in [-0.25, -0.2) is 0 Å². The predicted octanol–water partition coefficient (Wildman–Crippen LogP) is 1.78. The van der Waals surface area contributed by atoms with Crippen LogP contribution in [0.3, 0.4) is 0 Å². The van der Waals surface area contributed by atoms with Crippen LogP contribution in [-0.2, 0) is 9.53 Å². The van der Waals surface area contributed by atoms with Gasteiger partial charge in [-0.05, 0) is 43.9 Å². The molecule has 0 spiro atoms. The second kappa shape index (κ2) is 5.80. The molecule has 0 radical (unpaired) electrons. The highest BCUT2D eigenvalue weighted by atomic mass is 16.5. The van der Waals surface area contributed by atoms with E-state index in [2.05, 4.69) is 18.7 Å². The predicted molar refractivity (Wildman–Crippen MR) is 75.7 cm³/mol. The number of nitrogens with two attached hydrogens (primary N) is 1. The van der Waals surface area contributed by atoms with Crippen LogP contribution in [0.25, 0.3) is 0 Å². The molecule has 0 aromatic heterocycles. The van der Waals surface area contributed by atoms with Crippen molar-refractivity contribution in [3.63, 3.8) is 0 Å². The fraction of sp³-hybridized carbons (Fsp3) is 0.933. The van der Waals surface area contributed by atoms with Crippen molar-refractivity contribution < 1.29 is 9.53 Å². The van der Waals surface area contributed by atoms with Crippen LogP contribution in [-0.4, -0.2) is 42.6 Å². The van der Waals surface area contributed by atoms with E-state index in [1.807, 2.05) is 0 Å². The maximum atomic E-state index is 11.9. The zero-order chi connectivity index (χ0) is 14.0. The number of hydrogen-bond donors (Lipinski definition) is 1. The van der Waals surface area contributed by atoms with Crippen molar-refractivity contribution in [1.29, 1.82) is 0 Å². The van der Waals surface area contributed by atoms with E-state index in [0.29, 0.717) is 6.04 Å². The first kappa shape index (κ1) is 14.8. The van der Waals surface area contributed by atoms with E-state index in [-0.39, 0.29) is 5.97 Å². The maximum absolute atomic E-state index is 11.9. The molecule has 1 saturated heterocycles. The second-order valence-electron chi connectivity index (χ2n) is 6.80. The molecule has 4 atom stereocenters. The van der Waals surface area contributed by atoms with Crippen LogP contribution in [0.2, 0.25) is 0 Å². The van der Waals surface area contributed by atoms with Gasteiger partial charge in [0.15, 0.2) is 0 Å². The zero-order valence-corrected chi connectivity index (χ0v) is 12.5. The van der Waals surface area contributed by atoms with E-state index in [0.717, 1.165) is 50.6 Å². The molecule has 4 nitrogen and oxygen atoms in total. The lowest BCUT2D eigenvalue weighted by Gasteiger charge is -2.45. The van der Waals surface area contributed by atoms with Gasteiger partial charge in [0.25, 0.3) is 0 Å². The van der Waals surface area contributed by atoms with Crippen molar-refractivity contribution in [2.45, 2.75) is 57.5 Å². The minimum atomic E-state index is -0.762. The van der Waals surface area contributed by atoms with Gasteiger partial charge in [-0.3, -0.25) is 9.69 Å². The number of likely N-dealkylation sites (tertiary alicyclic amines) is 1. The quantitative estimate of drug-likeness (QED) is 0.776. The summed E-state index contributed by atoms with van der Waals surface area (Å²) in [4.78, 5) is 14.4. The smallest absolute Gasteiger partial charge is 0.325 e. The molecule has 2 N–H and O–H groups in total. The molecule has 4 heteroatoms. The zero-order valence-electron chi connectivity index (χ0n) is 12.5. The minimum Gasteiger partial charge on any atom is -0.468 e. The second-order valence-corrected chi connectivity index (χ2v) is 6.80. The van der Waals surface area contributed by atoms with Crippen molar-refractivity contribution in [3.05, 3.63) is 0 Å². The third-order valence-electron chi connectivity index (χ3n) is 4.77. The highest BCUT2D eigenvalue weighted by Gasteiger charge is 2.42. The Hall–Kier alpha value is -0.610. The Morgan fingerprint density at radius 3 is 2.53 bits per heavy atom. The first-order valence-corrected chi connectivity index (χ1v) is 7.56. The van der Waals surface area contributed by atoms with Crippen molar-refractivity contribution in [2.75, 3.05) is 20.2 Å². The number of hydrogen-bond acceptors (Lipinski definition) is 4. The van der Waals surface area contributed by atoms with Gasteiger partial charge in [0.2, 0.25) is 0 Å². The van der Waals surface area contributed by atoms with Gasteiger partial charge in [0.1, 0.15) is 5.54 Å². The topological polar surface area (TPSA) is 55.6 Å². The summed E-state index contributed by atoms with van der Waals surface area (Å²) >= 11 is 0. The van der Waals surface area contributed by atoms with E-state index in [1.165, 1.54) is 13.5 Å². The number of methoxy groups -OCH3 is 1. The van der Waals surface area contributed by atoms with Crippen molar-refractivity contribution in [1.82, 2.24) is 4.90 Å². The molecule has 1 saturated carbocycles. The molecule has 110 valence electrons. The number of esters is 1. The average Bonchev–Trinajstić information content (AvgIpc) is 2.36. The summed E-state index contributed by atoms with van der Waals surface area (Å²) < 4.78 is 4.89. The third kappa shape index (κ3) is 3.29. The fourth-order valence-corrected chi connectivity index (χ4v) is 3.99. The average molecular weight is 268 g/mol. The molecule has 19 heavy (non-hydrogen) atoms. The first-order valence-electron chi connectivity index (χ1n) is 7.56. The summed E-state index contributed by atoms with van der Waals surface area (Å²) in [6.45, 7) is 6.93. The molecular weight excluding hydrogens is 240 g/mol. The lowest BCUT2D eigenvalue weighted by Crippen LogP contribution is -2.57. The molecule has 1 aliphatic heterocycles. The molecule has 0 amide bonds. The van der Waals surface area contributed by atoms with Gasteiger partial charge in [-0.2, -0.15) is 0 Å². The van der Waals surface area contributed by atoms with Crippen molar-refractivity contribution in [2.24, 2.45) is 17.6 Å². The van der Waals surface area contributed by atoms with E-state index in [1.54, 1.807) is 0 Å². The molecule has 2 aliphatic rings. The normalized spacial score (nSPS) is 40.9. The van der Waals surface area contributed by atoms with E-state index in [9.17, 15) is 4.79 Å². The van der Waals surface area contributed by atoms with E-state index >= 15 is 0 Å². The van der Waals surface area contributed by atoms with Crippen LogP contribution in [0, 0.1) is 11.8 Å². The van der Waals surface area contributed by atoms with Crippen LogP contribution in [0.5, 0.6) is 0 Å². The number of piperidine rings is 1. The Morgan fingerprint density at radius 2 is 1.95 bits per heavy atom. The summed E-state index contributed by atoms with van der Waals surface area (Å²) in [6.07, 6.45) is 5.01. The van der Waals surface area contributed by atoms with Gasteiger partial charge < -0.3 is 10.5 Å². The molecule has 2 rings (SSSR count). The number of carbonyl (C=O) groups excluding carboxylic acids is 1. The highest BCUT2D eigenvalue weighted by Crippen LogP contribution is 2.33. The summed E-state index contributed by atoms with van der Waals surface area (Å²) in [7, 11) is 1.44. The number of nitrogens with zero attached hydrogens (tertiary/aromatic N) is 1. The highest BCUT2D eigenvalue weighted by molar-refractivity contribution is 5.80. The van der Waals surface area contributed by atoms with Crippen LogP contribution in [0.15, 0.2) is 0 Å². The molecule has 1 heterocycles. The van der Waals surface area contributed by atoms with Crippen LogP contribution < -0.4 is 5.73 Å². The minimum absolute atomic E-state index is 0.240. The SMILES string of the molecule is COC(=O)C1(N)CCCC(N2CC(C)CC(C)C2)C1. The fourth-order valence-electron chi connectivity index (χ4n) is 3.99. The Labute approximate surface area is 116 Å². The van der Waals surface area contributed by atoms with Gasteiger partial charge >= 0.3 is 5.97 Å². The van der Waals surface area contributed by atoms with Gasteiger partial charge in [0.05, 0.1) is 7.11 Å². The van der Waals surface area contributed by atoms with Crippen molar-refractivity contribution in [3.8, 4) is 0 Å².